The fourth-order valence-electron chi connectivity index (χ4n) is 2.72. The zero-order valence-corrected chi connectivity index (χ0v) is 14.1. The summed E-state index contributed by atoms with van der Waals surface area (Å²) in [4.78, 5) is 12.4. The van der Waals surface area contributed by atoms with E-state index in [1.807, 2.05) is 63.2 Å². The molecule has 3 heteroatoms. The van der Waals surface area contributed by atoms with Gasteiger partial charge in [0, 0.05) is 11.1 Å². The first kappa shape index (κ1) is 15.9. The van der Waals surface area contributed by atoms with Gasteiger partial charge in [-0.3, -0.25) is 4.79 Å². The van der Waals surface area contributed by atoms with E-state index in [1.165, 1.54) is 5.56 Å². The van der Waals surface area contributed by atoms with Crippen LogP contribution < -0.4 is 5.43 Å². The molecule has 1 amide bonds. The predicted octanol–water partition coefficient (Wildman–Crippen LogP) is 4.61. The van der Waals surface area contributed by atoms with Crippen molar-refractivity contribution >= 4 is 22.4 Å². The van der Waals surface area contributed by atoms with Crippen molar-refractivity contribution in [2.75, 3.05) is 0 Å². The molecule has 0 aromatic heterocycles. The second-order valence-electron chi connectivity index (χ2n) is 6.02. The number of benzene rings is 3. The van der Waals surface area contributed by atoms with Gasteiger partial charge in [0.25, 0.3) is 5.91 Å². The molecule has 0 unspecified atom stereocenters. The Morgan fingerprint density at radius 2 is 1.67 bits per heavy atom. The second-order valence-corrected chi connectivity index (χ2v) is 6.02. The Bertz CT molecular complexity index is 941. The van der Waals surface area contributed by atoms with Crippen molar-refractivity contribution in [2.45, 2.75) is 20.8 Å². The van der Waals surface area contributed by atoms with E-state index in [9.17, 15) is 4.79 Å². The molecular formula is C21H20N2O. The van der Waals surface area contributed by atoms with Crippen LogP contribution in [0.2, 0.25) is 0 Å². The number of hydrogen-bond donors (Lipinski definition) is 1. The lowest BCUT2D eigenvalue weighted by Gasteiger charge is -2.08. The Morgan fingerprint density at radius 3 is 2.46 bits per heavy atom. The molecular weight excluding hydrogens is 296 g/mol. The summed E-state index contributed by atoms with van der Waals surface area (Å²) in [5.41, 5.74) is 7.42. The van der Waals surface area contributed by atoms with E-state index in [-0.39, 0.29) is 5.91 Å². The molecule has 0 saturated heterocycles. The summed E-state index contributed by atoms with van der Waals surface area (Å²) in [6, 6.07) is 19.8. The van der Waals surface area contributed by atoms with Gasteiger partial charge in [0.2, 0.25) is 0 Å². The summed E-state index contributed by atoms with van der Waals surface area (Å²) in [6.45, 7) is 5.99. The third-order valence-electron chi connectivity index (χ3n) is 4.12. The molecule has 0 fully saturated rings. The van der Waals surface area contributed by atoms with E-state index in [1.54, 1.807) is 0 Å². The maximum atomic E-state index is 12.4. The first-order valence-electron chi connectivity index (χ1n) is 7.95. The molecule has 0 aliphatic heterocycles. The van der Waals surface area contributed by atoms with Gasteiger partial charge >= 0.3 is 0 Å². The average molecular weight is 316 g/mol. The molecule has 0 heterocycles. The zero-order chi connectivity index (χ0) is 17.1. The van der Waals surface area contributed by atoms with E-state index >= 15 is 0 Å². The number of nitrogens with one attached hydrogen (secondary N) is 1. The standard InChI is InChI=1S/C21H20N2O/c1-14-8-9-15(2)20(12-14)16(3)22-23-21(24)19-11-10-17-6-4-5-7-18(17)13-19/h4-13H,1-3H3,(H,23,24)/b22-16-. The molecule has 0 bridgehead atoms. The number of hydrogen-bond acceptors (Lipinski definition) is 2. The summed E-state index contributed by atoms with van der Waals surface area (Å²) >= 11 is 0. The monoisotopic (exact) mass is 316 g/mol. The van der Waals surface area contributed by atoms with Crippen LogP contribution in [0, 0.1) is 13.8 Å². The van der Waals surface area contributed by atoms with E-state index in [4.69, 9.17) is 0 Å². The smallest absolute Gasteiger partial charge is 0.267 e. The van der Waals surface area contributed by atoms with E-state index < -0.39 is 0 Å². The van der Waals surface area contributed by atoms with Gasteiger partial charge in [-0.1, -0.05) is 48.0 Å². The topological polar surface area (TPSA) is 41.5 Å². The van der Waals surface area contributed by atoms with Crippen LogP contribution in [0.15, 0.2) is 65.8 Å². The number of amides is 1. The van der Waals surface area contributed by atoms with Crippen molar-refractivity contribution in [3.8, 4) is 0 Å². The number of carbonyl (C=O) groups is 1. The van der Waals surface area contributed by atoms with Gasteiger partial charge in [0.05, 0.1) is 5.71 Å². The third-order valence-corrected chi connectivity index (χ3v) is 4.12. The molecule has 3 aromatic carbocycles. The Morgan fingerprint density at radius 1 is 0.917 bits per heavy atom. The van der Waals surface area contributed by atoms with Crippen LogP contribution in [0.5, 0.6) is 0 Å². The third kappa shape index (κ3) is 3.35. The first-order valence-corrected chi connectivity index (χ1v) is 7.95. The number of aryl methyl sites for hydroxylation is 2. The van der Waals surface area contributed by atoms with Gasteiger partial charge in [-0.15, -0.1) is 0 Å². The predicted molar refractivity (Wildman–Crippen MR) is 99.5 cm³/mol. The molecule has 1 N–H and O–H groups in total. The number of nitrogens with zero attached hydrogens (tertiary/aromatic N) is 1. The van der Waals surface area contributed by atoms with Crippen molar-refractivity contribution in [2.24, 2.45) is 5.10 Å². The minimum atomic E-state index is -0.203. The summed E-state index contributed by atoms with van der Waals surface area (Å²) in [5, 5.41) is 6.43. The van der Waals surface area contributed by atoms with Gasteiger partial charge < -0.3 is 0 Å². The van der Waals surface area contributed by atoms with Crippen LogP contribution in [0.4, 0.5) is 0 Å². The normalized spacial score (nSPS) is 11.5. The second kappa shape index (κ2) is 6.67. The van der Waals surface area contributed by atoms with E-state index in [0.717, 1.165) is 27.6 Å². The fraction of sp³-hybridized carbons (Fsp3) is 0.143. The SMILES string of the molecule is C/C(=N/NC(=O)c1ccc2ccccc2c1)c1cc(C)ccc1C. The van der Waals surface area contributed by atoms with Crippen LogP contribution in [-0.4, -0.2) is 11.6 Å². The van der Waals surface area contributed by atoms with Crippen molar-refractivity contribution in [3.63, 3.8) is 0 Å². The molecule has 0 atom stereocenters. The Hall–Kier alpha value is -2.94. The maximum Gasteiger partial charge on any atom is 0.271 e. The van der Waals surface area contributed by atoms with Crippen LogP contribution >= 0.6 is 0 Å². The van der Waals surface area contributed by atoms with Gasteiger partial charge in [0.1, 0.15) is 0 Å². The largest absolute Gasteiger partial charge is 0.271 e. The molecule has 0 aliphatic rings. The summed E-state index contributed by atoms with van der Waals surface area (Å²) in [6.07, 6.45) is 0. The van der Waals surface area contributed by atoms with Crippen LogP contribution in [0.3, 0.4) is 0 Å². The zero-order valence-electron chi connectivity index (χ0n) is 14.1. The Labute approximate surface area is 142 Å². The van der Waals surface area contributed by atoms with Gasteiger partial charge in [-0.05, 0) is 55.3 Å². The molecule has 0 aliphatic carbocycles. The molecule has 120 valence electrons. The molecule has 24 heavy (non-hydrogen) atoms. The average Bonchev–Trinajstić information content (AvgIpc) is 2.61. The molecule has 3 aromatic rings. The number of rotatable bonds is 3. The fourth-order valence-corrected chi connectivity index (χ4v) is 2.72. The van der Waals surface area contributed by atoms with Crippen LogP contribution in [0.1, 0.15) is 34.0 Å². The van der Waals surface area contributed by atoms with Crippen LogP contribution in [0.25, 0.3) is 10.8 Å². The molecule has 3 nitrogen and oxygen atoms in total. The summed E-state index contributed by atoms with van der Waals surface area (Å²) in [5.74, 6) is -0.203. The van der Waals surface area contributed by atoms with Crippen LogP contribution in [-0.2, 0) is 0 Å². The number of carbonyl (C=O) groups excluding carboxylic acids is 1. The minimum Gasteiger partial charge on any atom is -0.267 e. The molecule has 3 rings (SSSR count). The highest BCUT2D eigenvalue weighted by Gasteiger charge is 2.07. The minimum absolute atomic E-state index is 0.203. The van der Waals surface area contributed by atoms with Crippen molar-refractivity contribution in [1.29, 1.82) is 0 Å². The lowest BCUT2D eigenvalue weighted by Crippen LogP contribution is -2.19. The number of hydrazone groups is 1. The van der Waals surface area contributed by atoms with Gasteiger partial charge in [-0.2, -0.15) is 5.10 Å². The quantitative estimate of drug-likeness (QED) is 0.556. The van der Waals surface area contributed by atoms with Crippen molar-refractivity contribution < 1.29 is 4.79 Å². The van der Waals surface area contributed by atoms with Crippen molar-refractivity contribution in [3.05, 3.63) is 82.9 Å². The van der Waals surface area contributed by atoms with E-state index in [0.29, 0.717) is 5.56 Å². The van der Waals surface area contributed by atoms with Crippen molar-refractivity contribution in [1.82, 2.24) is 5.43 Å². The first-order chi connectivity index (χ1) is 11.5. The van der Waals surface area contributed by atoms with E-state index in [2.05, 4.69) is 28.7 Å². The highest BCUT2D eigenvalue weighted by Crippen LogP contribution is 2.16. The molecule has 0 radical (unpaired) electrons. The summed E-state index contributed by atoms with van der Waals surface area (Å²) in [7, 11) is 0. The molecule has 0 spiro atoms. The van der Waals surface area contributed by atoms with Gasteiger partial charge in [0.15, 0.2) is 0 Å². The number of fused-ring (bicyclic) bond motifs is 1. The maximum absolute atomic E-state index is 12.4. The Kier molecular flexibility index (Phi) is 4.43. The lowest BCUT2D eigenvalue weighted by atomic mass is 10.0. The lowest BCUT2D eigenvalue weighted by molar-refractivity contribution is 0.0955. The Balaban J connectivity index is 1.81. The molecule has 0 saturated carbocycles. The summed E-state index contributed by atoms with van der Waals surface area (Å²) < 4.78 is 0. The highest BCUT2D eigenvalue weighted by molar-refractivity contribution is 6.02. The van der Waals surface area contributed by atoms with Gasteiger partial charge in [-0.25, -0.2) is 5.43 Å². The highest BCUT2D eigenvalue weighted by atomic mass is 16.2.